The lowest BCUT2D eigenvalue weighted by Gasteiger charge is -2.47. The summed E-state index contributed by atoms with van der Waals surface area (Å²) in [4.78, 5) is 14.6. The third-order valence-corrected chi connectivity index (χ3v) is 5.11. The summed E-state index contributed by atoms with van der Waals surface area (Å²) in [5.41, 5.74) is 0.667. The Hall–Kier alpha value is -2.05. The topological polar surface area (TPSA) is 57.2 Å². The van der Waals surface area contributed by atoms with Gasteiger partial charge in [0.05, 0.1) is 18.2 Å². The number of fused-ring (bicyclic) bond motifs is 1. The van der Waals surface area contributed by atoms with Crippen molar-refractivity contribution in [2.24, 2.45) is 0 Å². The van der Waals surface area contributed by atoms with Crippen molar-refractivity contribution in [1.82, 2.24) is 4.90 Å². The van der Waals surface area contributed by atoms with Crippen LogP contribution in [-0.4, -0.2) is 62.0 Å². The minimum absolute atomic E-state index is 0.0147. The summed E-state index contributed by atoms with van der Waals surface area (Å²) >= 11 is 0. The van der Waals surface area contributed by atoms with Gasteiger partial charge in [0.2, 0.25) is 5.91 Å². The van der Waals surface area contributed by atoms with Crippen molar-refractivity contribution in [1.29, 1.82) is 0 Å². The van der Waals surface area contributed by atoms with Gasteiger partial charge < -0.3 is 23.8 Å². The van der Waals surface area contributed by atoms with Gasteiger partial charge in [0.1, 0.15) is 13.2 Å². The second-order valence-electron chi connectivity index (χ2n) is 7.18. The van der Waals surface area contributed by atoms with Gasteiger partial charge in [-0.3, -0.25) is 4.79 Å². The van der Waals surface area contributed by atoms with E-state index in [0.29, 0.717) is 39.5 Å². The van der Waals surface area contributed by atoms with Crippen molar-refractivity contribution < 1.29 is 23.7 Å². The number of hydrogen-bond acceptors (Lipinski definition) is 5. The molecule has 0 bridgehead atoms. The summed E-state index contributed by atoms with van der Waals surface area (Å²) in [5, 5.41) is 0. The maximum absolute atomic E-state index is 12.7. The molecule has 1 unspecified atom stereocenters. The smallest absolute Gasteiger partial charge is 0.246 e. The van der Waals surface area contributed by atoms with E-state index in [0.717, 1.165) is 29.9 Å². The van der Waals surface area contributed by atoms with Crippen molar-refractivity contribution in [2.45, 2.75) is 31.5 Å². The van der Waals surface area contributed by atoms with Crippen LogP contribution in [0.25, 0.3) is 6.08 Å². The lowest BCUT2D eigenvalue weighted by atomic mass is 9.91. The second-order valence-corrected chi connectivity index (χ2v) is 7.18. The molecule has 26 heavy (non-hydrogen) atoms. The molecule has 1 atom stereocenters. The molecule has 3 heterocycles. The number of hydrogen-bond donors (Lipinski definition) is 0. The first kappa shape index (κ1) is 17.4. The molecular formula is C20H25NO5. The molecule has 1 amide bonds. The maximum Gasteiger partial charge on any atom is 0.246 e. The molecule has 140 valence electrons. The van der Waals surface area contributed by atoms with Gasteiger partial charge in [-0.15, -0.1) is 0 Å². The number of amides is 1. The quantitative estimate of drug-likeness (QED) is 0.758. The third-order valence-electron chi connectivity index (χ3n) is 5.11. The first-order chi connectivity index (χ1) is 12.6. The maximum atomic E-state index is 12.7. The fraction of sp³-hybridized carbons (Fsp3) is 0.550. The van der Waals surface area contributed by atoms with Crippen LogP contribution in [0, 0.1) is 0 Å². The van der Waals surface area contributed by atoms with Gasteiger partial charge in [-0.05, 0) is 30.7 Å². The molecule has 0 N–H and O–H groups in total. The Balaban J connectivity index is 1.44. The Labute approximate surface area is 153 Å². The van der Waals surface area contributed by atoms with Gasteiger partial charge in [-0.1, -0.05) is 6.07 Å². The van der Waals surface area contributed by atoms with Crippen LogP contribution < -0.4 is 9.47 Å². The highest BCUT2D eigenvalue weighted by atomic mass is 16.6. The molecule has 2 saturated heterocycles. The predicted molar refractivity (Wildman–Crippen MR) is 96.4 cm³/mol. The van der Waals surface area contributed by atoms with Crippen molar-refractivity contribution in [3.8, 4) is 11.5 Å². The largest absolute Gasteiger partial charge is 0.486 e. The number of benzene rings is 1. The van der Waals surface area contributed by atoms with E-state index in [1.165, 1.54) is 0 Å². The zero-order valence-electron chi connectivity index (χ0n) is 15.1. The highest BCUT2D eigenvalue weighted by Crippen LogP contribution is 2.32. The fourth-order valence-corrected chi connectivity index (χ4v) is 3.85. The highest BCUT2D eigenvalue weighted by Gasteiger charge is 2.41. The van der Waals surface area contributed by atoms with Crippen LogP contribution >= 0.6 is 0 Å². The number of carbonyl (C=O) groups excluding carboxylic acids is 1. The molecular weight excluding hydrogens is 334 g/mol. The third kappa shape index (κ3) is 3.71. The monoisotopic (exact) mass is 359 g/mol. The van der Waals surface area contributed by atoms with E-state index in [1.54, 1.807) is 6.08 Å². The first-order valence-electron chi connectivity index (χ1n) is 9.26. The van der Waals surface area contributed by atoms with E-state index in [4.69, 9.17) is 18.9 Å². The van der Waals surface area contributed by atoms with Crippen molar-refractivity contribution in [2.75, 3.05) is 39.5 Å². The lowest BCUT2D eigenvalue weighted by Crippen LogP contribution is -2.58. The van der Waals surface area contributed by atoms with E-state index in [1.807, 2.05) is 36.1 Å². The molecule has 6 heteroatoms. The number of rotatable bonds is 2. The second kappa shape index (κ2) is 7.29. The molecule has 1 aromatic rings. The summed E-state index contributed by atoms with van der Waals surface area (Å²) in [6, 6.07) is 5.71. The van der Waals surface area contributed by atoms with Gasteiger partial charge in [0, 0.05) is 38.7 Å². The fourth-order valence-electron chi connectivity index (χ4n) is 3.85. The van der Waals surface area contributed by atoms with E-state index >= 15 is 0 Å². The van der Waals surface area contributed by atoms with Gasteiger partial charge >= 0.3 is 0 Å². The van der Waals surface area contributed by atoms with Crippen LogP contribution in [0.4, 0.5) is 0 Å². The van der Waals surface area contributed by atoms with Crippen LogP contribution in [-0.2, 0) is 14.3 Å². The van der Waals surface area contributed by atoms with E-state index < -0.39 is 0 Å². The Morgan fingerprint density at radius 3 is 2.73 bits per heavy atom. The molecule has 6 nitrogen and oxygen atoms in total. The Kier molecular flexibility index (Phi) is 4.87. The molecule has 3 aliphatic heterocycles. The average molecular weight is 359 g/mol. The number of morpholine rings is 1. The minimum Gasteiger partial charge on any atom is -0.486 e. The SMILES string of the molecule is CC1CN(C(=O)/C=C/c2ccc3c(c2)OCCO3)CC2(CCOCC2)O1. The van der Waals surface area contributed by atoms with E-state index in [-0.39, 0.29) is 17.6 Å². The van der Waals surface area contributed by atoms with Crippen molar-refractivity contribution in [3.05, 3.63) is 29.8 Å². The molecule has 0 saturated carbocycles. The van der Waals surface area contributed by atoms with Crippen molar-refractivity contribution in [3.63, 3.8) is 0 Å². The molecule has 1 spiro atoms. The molecule has 0 aromatic heterocycles. The number of ether oxygens (including phenoxy) is 4. The van der Waals surface area contributed by atoms with Crippen molar-refractivity contribution >= 4 is 12.0 Å². The van der Waals surface area contributed by atoms with Gasteiger partial charge in [-0.2, -0.15) is 0 Å². The first-order valence-corrected chi connectivity index (χ1v) is 9.26. The Morgan fingerprint density at radius 1 is 1.15 bits per heavy atom. The van der Waals surface area contributed by atoms with Crippen LogP contribution in [0.5, 0.6) is 11.5 Å². The highest BCUT2D eigenvalue weighted by molar-refractivity contribution is 5.92. The Bertz CT molecular complexity index is 695. The van der Waals surface area contributed by atoms with Gasteiger partial charge in [-0.25, -0.2) is 0 Å². The molecule has 1 aromatic carbocycles. The number of carbonyl (C=O) groups is 1. The van der Waals surface area contributed by atoms with Gasteiger partial charge in [0.25, 0.3) is 0 Å². The van der Waals surface area contributed by atoms with Crippen LogP contribution in [0.2, 0.25) is 0 Å². The van der Waals surface area contributed by atoms with E-state index in [2.05, 4.69) is 0 Å². The summed E-state index contributed by atoms with van der Waals surface area (Å²) in [5.74, 6) is 1.50. The summed E-state index contributed by atoms with van der Waals surface area (Å²) < 4.78 is 22.8. The zero-order chi connectivity index (χ0) is 18.0. The molecule has 3 aliphatic rings. The molecule has 2 fully saturated rings. The zero-order valence-corrected chi connectivity index (χ0v) is 15.1. The van der Waals surface area contributed by atoms with Crippen LogP contribution in [0.3, 0.4) is 0 Å². The molecule has 0 radical (unpaired) electrons. The summed E-state index contributed by atoms with van der Waals surface area (Å²) in [6.45, 7) is 5.79. The van der Waals surface area contributed by atoms with Crippen LogP contribution in [0.15, 0.2) is 24.3 Å². The molecule has 0 aliphatic carbocycles. The minimum atomic E-state index is -0.254. The standard InChI is InChI=1S/C20H25NO5/c1-15-13-21(14-20(26-15)6-8-23-9-7-20)19(22)5-3-16-2-4-17-18(12-16)25-11-10-24-17/h2-5,12,15H,6-11,13-14H2,1H3/b5-3+. The summed E-state index contributed by atoms with van der Waals surface area (Å²) in [7, 11) is 0. The lowest BCUT2D eigenvalue weighted by molar-refractivity contribution is -0.187. The predicted octanol–water partition coefficient (Wildman–Crippen LogP) is 2.27. The normalized spacial score (nSPS) is 24.8. The molecule has 4 rings (SSSR count). The van der Waals surface area contributed by atoms with Gasteiger partial charge in [0.15, 0.2) is 11.5 Å². The number of nitrogens with zero attached hydrogens (tertiary/aromatic N) is 1. The Morgan fingerprint density at radius 2 is 1.92 bits per heavy atom. The summed E-state index contributed by atoms with van der Waals surface area (Å²) in [6.07, 6.45) is 5.18. The van der Waals surface area contributed by atoms with Crippen LogP contribution in [0.1, 0.15) is 25.3 Å². The van der Waals surface area contributed by atoms with E-state index in [9.17, 15) is 4.79 Å². The average Bonchev–Trinajstić information content (AvgIpc) is 2.66.